The average molecular weight is 452 g/mol. The summed E-state index contributed by atoms with van der Waals surface area (Å²) < 4.78 is 0. The van der Waals surface area contributed by atoms with E-state index in [1.165, 1.54) is 0 Å². The molecule has 0 unspecified atom stereocenters. The van der Waals surface area contributed by atoms with Crippen LogP contribution >= 0.6 is 0 Å². The van der Waals surface area contributed by atoms with Gasteiger partial charge >= 0.3 is 0 Å². The molecule has 0 amide bonds. The van der Waals surface area contributed by atoms with Gasteiger partial charge in [0.2, 0.25) is 5.96 Å². The van der Waals surface area contributed by atoms with Crippen LogP contribution in [0.25, 0.3) is 0 Å². The molecule has 0 aromatic heterocycles. The molecule has 176 valence electrons. The summed E-state index contributed by atoms with van der Waals surface area (Å²) >= 11 is 0. The Bertz CT molecular complexity index is 1060. The van der Waals surface area contributed by atoms with E-state index in [2.05, 4.69) is 6.92 Å². The third-order valence-electron chi connectivity index (χ3n) is 5.70. The molecule has 8 nitrogen and oxygen atoms in total. The number of aliphatic hydroxyl groups is 1. The number of amidine groups is 1. The molecule has 1 aliphatic rings. The molecule has 2 aromatic rings. The first-order chi connectivity index (χ1) is 15.8. The van der Waals surface area contributed by atoms with Crippen LogP contribution in [0.5, 0.6) is 11.5 Å². The molecule has 1 aliphatic heterocycles. The van der Waals surface area contributed by atoms with Crippen LogP contribution in [0.1, 0.15) is 30.9 Å². The fraction of sp³-hybridized carbons (Fsp3) is 0.360. The molecule has 0 saturated heterocycles. The Morgan fingerprint density at radius 3 is 1.85 bits per heavy atom. The van der Waals surface area contributed by atoms with Crippen LogP contribution in [-0.2, 0) is 13.1 Å². The predicted octanol–water partition coefficient (Wildman–Crippen LogP) is 3.32. The lowest BCUT2D eigenvalue weighted by atomic mass is 10.1. The number of nitrogens with zero attached hydrogens (tertiary/aromatic N) is 5. The van der Waals surface area contributed by atoms with Crippen LogP contribution < -0.4 is 0 Å². The summed E-state index contributed by atoms with van der Waals surface area (Å²) in [7, 11) is 5.61. The second-order valence-corrected chi connectivity index (χ2v) is 8.21. The van der Waals surface area contributed by atoms with Gasteiger partial charge in [-0.15, -0.1) is 0 Å². The Balaban J connectivity index is 1.95. The predicted molar refractivity (Wildman–Crippen MR) is 131 cm³/mol. The third kappa shape index (κ3) is 5.84. The number of rotatable bonds is 7. The van der Waals surface area contributed by atoms with Crippen molar-refractivity contribution < 1.29 is 15.3 Å². The van der Waals surface area contributed by atoms with Gasteiger partial charge in [0.25, 0.3) is 0 Å². The molecule has 0 saturated carbocycles. The van der Waals surface area contributed by atoms with Crippen LogP contribution in [-0.4, -0.2) is 69.7 Å². The standard InChI is InChI=1S/C25H33N5O3/c1-5-18-14-23(28(2)15-19-10-6-8-12-21(19)32)26-25(30(4)17-31)27-24(18)29(3)16-20-11-7-9-13-22(20)33/h6-13,31-33H,5,14-17H2,1-4H3. The quantitative estimate of drug-likeness (QED) is 0.559. The third-order valence-corrected chi connectivity index (χ3v) is 5.70. The van der Waals surface area contributed by atoms with E-state index in [0.29, 0.717) is 25.5 Å². The van der Waals surface area contributed by atoms with E-state index in [1.54, 1.807) is 36.2 Å². The van der Waals surface area contributed by atoms with Gasteiger partial charge < -0.3 is 30.0 Å². The summed E-state index contributed by atoms with van der Waals surface area (Å²) in [6, 6.07) is 14.5. The lowest BCUT2D eigenvalue weighted by molar-refractivity contribution is 0.190. The number of aliphatic hydroxyl groups excluding tert-OH is 1. The first-order valence-electron chi connectivity index (χ1n) is 11.0. The minimum Gasteiger partial charge on any atom is -0.508 e. The second-order valence-electron chi connectivity index (χ2n) is 8.21. The molecular weight excluding hydrogens is 418 g/mol. The Morgan fingerprint density at radius 2 is 1.33 bits per heavy atom. The fourth-order valence-electron chi connectivity index (χ4n) is 3.68. The highest BCUT2D eigenvalue weighted by Gasteiger charge is 2.22. The summed E-state index contributed by atoms with van der Waals surface area (Å²) in [5, 5.41) is 30.2. The number of phenols is 2. The molecular formula is C25H33N5O3. The fourth-order valence-corrected chi connectivity index (χ4v) is 3.68. The normalized spacial score (nSPS) is 13.8. The van der Waals surface area contributed by atoms with E-state index in [4.69, 9.17) is 9.98 Å². The lowest BCUT2D eigenvalue weighted by Crippen LogP contribution is -2.31. The van der Waals surface area contributed by atoms with Crippen LogP contribution in [0.15, 0.2) is 69.9 Å². The molecule has 0 aliphatic carbocycles. The summed E-state index contributed by atoms with van der Waals surface area (Å²) in [6.07, 6.45) is 1.34. The number of aliphatic imine (C=N–C) groups is 2. The van der Waals surface area contributed by atoms with E-state index in [9.17, 15) is 15.3 Å². The van der Waals surface area contributed by atoms with Gasteiger partial charge in [0, 0.05) is 51.8 Å². The molecule has 0 bridgehead atoms. The van der Waals surface area contributed by atoms with Crippen LogP contribution in [0.2, 0.25) is 0 Å². The SMILES string of the molecule is CCC1=C(N(C)Cc2ccccc2O)N=C(N(C)CO)N=C(N(C)Cc2ccccc2O)C1. The molecule has 1 heterocycles. The zero-order valence-corrected chi connectivity index (χ0v) is 19.7. The number of phenolic OH excluding ortho intramolecular Hbond substituents is 2. The van der Waals surface area contributed by atoms with E-state index in [0.717, 1.165) is 34.8 Å². The largest absolute Gasteiger partial charge is 0.508 e. The molecule has 2 aromatic carbocycles. The van der Waals surface area contributed by atoms with Crippen LogP contribution in [0.4, 0.5) is 0 Å². The Labute approximate surface area is 195 Å². The highest BCUT2D eigenvalue weighted by atomic mass is 16.3. The molecule has 3 N–H and O–H groups in total. The number of aromatic hydroxyl groups is 2. The maximum absolute atomic E-state index is 10.2. The van der Waals surface area contributed by atoms with Crippen LogP contribution in [0.3, 0.4) is 0 Å². The zero-order chi connectivity index (χ0) is 24.0. The van der Waals surface area contributed by atoms with Gasteiger partial charge in [0.15, 0.2) is 0 Å². The van der Waals surface area contributed by atoms with Gasteiger partial charge in [-0.3, -0.25) is 0 Å². The topological polar surface area (TPSA) is 95.1 Å². The molecule has 0 atom stereocenters. The zero-order valence-electron chi connectivity index (χ0n) is 19.7. The maximum atomic E-state index is 10.2. The van der Waals surface area contributed by atoms with Gasteiger partial charge in [-0.1, -0.05) is 43.3 Å². The first kappa shape index (κ1) is 24.1. The Kier molecular flexibility index (Phi) is 7.95. The number of guanidine groups is 1. The van der Waals surface area contributed by atoms with Crippen molar-refractivity contribution >= 4 is 11.8 Å². The van der Waals surface area contributed by atoms with E-state index in [-0.39, 0.29) is 18.2 Å². The van der Waals surface area contributed by atoms with Gasteiger partial charge in [-0.2, -0.15) is 9.98 Å². The highest BCUT2D eigenvalue weighted by Crippen LogP contribution is 2.27. The van der Waals surface area contributed by atoms with E-state index in [1.807, 2.05) is 48.2 Å². The second kappa shape index (κ2) is 10.9. The molecule has 8 heteroatoms. The number of hydrogen-bond acceptors (Lipinski definition) is 8. The average Bonchev–Trinajstić information content (AvgIpc) is 3.01. The molecule has 0 fully saturated rings. The Hall–Kier alpha value is -3.52. The van der Waals surface area contributed by atoms with Crippen molar-refractivity contribution in [1.29, 1.82) is 0 Å². The summed E-state index contributed by atoms with van der Waals surface area (Å²) in [6.45, 7) is 2.83. The van der Waals surface area contributed by atoms with Crippen LogP contribution in [0, 0.1) is 0 Å². The molecule has 0 spiro atoms. The summed E-state index contributed by atoms with van der Waals surface area (Å²) in [5.41, 5.74) is 2.70. The van der Waals surface area contributed by atoms with Crippen molar-refractivity contribution in [1.82, 2.24) is 14.7 Å². The smallest absolute Gasteiger partial charge is 0.230 e. The highest BCUT2D eigenvalue weighted by molar-refractivity contribution is 5.98. The van der Waals surface area contributed by atoms with Gasteiger partial charge in [0.1, 0.15) is 29.9 Å². The van der Waals surface area contributed by atoms with Crippen molar-refractivity contribution in [2.45, 2.75) is 32.9 Å². The molecule has 33 heavy (non-hydrogen) atoms. The molecule has 3 rings (SSSR count). The van der Waals surface area contributed by atoms with Crippen molar-refractivity contribution in [3.8, 4) is 11.5 Å². The minimum absolute atomic E-state index is 0.225. The lowest BCUT2D eigenvalue weighted by Gasteiger charge is -2.24. The van der Waals surface area contributed by atoms with E-state index >= 15 is 0 Å². The van der Waals surface area contributed by atoms with Crippen molar-refractivity contribution in [3.63, 3.8) is 0 Å². The Morgan fingerprint density at radius 1 is 0.788 bits per heavy atom. The number of benzene rings is 2. The van der Waals surface area contributed by atoms with Gasteiger partial charge in [-0.25, -0.2) is 0 Å². The summed E-state index contributed by atoms with van der Waals surface area (Å²) in [5.74, 6) is 2.45. The van der Waals surface area contributed by atoms with Crippen molar-refractivity contribution in [3.05, 3.63) is 71.1 Å². The van der Waals surface area contributed by atoms with Gasteiger partial charge in [0.05, 0.1) is 0 Å². The minimum atomic E-state index is -0.225. The van der Waals surface area contributed by atoms with Crippen molar-refractivity contribution in [2.24, 2.45) is 9.98 Å². The van der Waals surface area contributed by atoms with Crippen molar-refractivity contribution in [2.75, 3.05) is 27.9 Å². The summed E-state index contributed by atoms with van der Waals surface area (Å²) in [4.78, 5) is 15.2. The van der Waals surface area contributed by atoms with E-state index < -0.39 is 0 Å². The van der Waals surface area contributed by atoms with Gasteiger partial charge in [-0.05, 0) is 24.1 Å². The first-order valence-corrected chi connectivity index (χ1v) is 11.0. The monoisotopic (exact) mass is 451 g/mol. The maximum Gasteiger partial charge on any atom is 0.230 e. The number of para-hydroxylation sites is 2. The number of hydrogen-bond donors (Lipinski definition) is 3. The molecule has 0 radical (unpaired) electrons.